The van der Waals surface area contributed by atoms with Crippen LogP contribution in [0.4, 0.5) is 10.6 Å². The highest BCUT2D eigenvalue weighted by Gasteiger charge is 2.26. The van der Waals surface area contributed by atoms with Crippen LogP contribution in [0.2, 0.25) is 0 Å². The lowest BCUT2D eigenvalue weighted by molar-refractivity contribution is 0.0306. The molecule has 1 aromatic heterocycles. The first kappa shape index (κ1) is 12.5. The number of nitrogen functional groups attached to an aromatic ring is 1. The maximum atomic E-state index is 11.9. The first-order valence-electron chi connectivity index (χ1n) is 5.83. The zero-order valence-electron chi connectivity index (χ0n) is 10.9. The number of carbonyl (C=O) groups excluding carboxylic acids is 1. The monoisotopic (exact) mass is 250 g/mol. The normalized spacial score (nSPS) is 15.7. The van der Waals surface area contributed by atoms with Crippen molar-refractivity contribution in [3.63, 3.8) is 0 Å². The molecule has 2 heterocycles. The first-order chi connectivity index (χ1) is 8.35. The Morgan fingerprint density at radius 1 is 1.56 bits per heavy atom. The van der Waals surface area contributed by atoms with E-state index in [9.17, 15) is 4.79 Å². The van der Waals surface area contributed by atoms with Gasteiger partial charge in [0, 0.05) is 12.6 Å². The summed E-state index contributed by atoms with van der Waals surface area (Å²) in [6.07, 6.45) is 1.66. The van der Waals surface area contributed by atoms with Gasteiger partial charge in [-0.3, -0.25) is 5.10 Å². The second-order valence-electron chi connectivity index (χ2n) is 5.30. The number of nitrogens with one attached hydrogen (secondary N) is 1. The summed E-state index contributed by atoms with van der Waals surface area (Å²) in [6.45, 7) is 6.61. The average molecular weight is 250 g/mol. The molecule has 18 heavy (non-hydrogen) atoms. The molecule has 1 amide bonds. The molecule has 1 aliphatic heterocycles. The zero-order chi connectivity index (χ0) is 13.3. The number of rotatable bonds is 1. The lowest BCUT2D eigenvalue weighted by atomic mass is 10.2. The molecule has 2 rings (SSSR count). The van der Waals surface area contributed by atoms with Gasteiger partial charge in [0.1, 0.15) is 11.4 Å². The Labute approximate surface area is 106 Å². The largest absolute Gasteiger partial charge is 0.444 e. The first-order valence-corrected chi connectivity index (χ1v) is 5.83. The number of hydrogen-bond donors (Lipinski definition) is 2. The highest BCUT2D eigenvalue weighted by Crippen LogP contribution is 2.22. The van der Waals surface area contributed by atoms with E-state index >= 15 is 0 Å². The van der Waals surface area contributed by atoms with Gasteiger partial charge in [0.25, 0.3) is 0 Å². The minimum atomic E-state index is -0.474. The van der Waals surface area contributed by atoms with Crippen molar-refractivity contribution >= 4 is 17.5 Å². The van der Waals surface area contributed by atoms with Crippen molar-refractivity contribution in [3.8, 4) is 0 Å². The summed E-state index contributed by atoms with van der Waals surface area (Å²) < 4.78 is 5.31. The standard InChI is InChI=1S/C12H18N4O2/c1-12(2,3)18-11(17)16-5-4-8(7-16)9-6-10(13)15-14-9/h4,6H,5,7H2,1-3H3,(H3,13,14,15). The second kappa shape index (κ2) is 4.36. The number of H-pyrrole nitrogens is 1. The topological polar surface area (TPSA) is 84.2 Å². The van der Waals surface area contributed by atoms with Gasteiger partial charge in [-0.2, -0.15) is 5.10 Å². The Morgan fingerprint density at radius 3 is 2.83 bits per heavy atom. The van der Waals surface area contributed by atoms with Gasteiger partial charge < -0.3 is 15.4 Å². The van der Waals surface area contributed by atoms with Crippen LogP contribution in [0.1, 0.15) is 26.5 Å². The van der Waals surface area contributed by atoms with Crippen LogP contribution < -0.4 is 5.73 Å². The molecule has 1 aliphatic rings. The van der Waals surface area contributed by atoms with Crippen molar-refractivity contribution in [3.05, 3.63) is 17.8 Å². The highest BCUT2D eigenvalue weighted by molar-refractivity contribution is 5.76. The Balaban J connectivity index is 1.97. The minimum Gasteiger partial charge on any atom is -0.444 e. The number of ether oxygens (including phenoxy) is 1. The van der Waals surface area contributed by atoms with E-state index < -0.39 is 5.60 Å². The molecule has 0 unspecified atom stereocenters. The van der Waals surface area contributed by atoms with E-state index in [1.54, 1.807) is 11.0 Å². The molecule has 0 aliphatic carbocycles. The molecule has 0 atom stereocenters. The summed E-state index contributed by atoms with van der Waals surface area (Å²) in [4.78, 5) is 13.5. The lowest BCUT2D eigenvalue weighted by Crippen LogP contribution is -2.35. The summed E-state index contributed by atoms with van der Waals surface area (Å²) in [7, 11) is 0. The fourth-order valence-electron chi connectivity index (χ4n) is 1.72. The number of aromatic amines is 1. The fourth-order valence-corrected chi connectivity index (χ4v) is 1.72. The molecule has 98 valence electrons. The number of aromatic nitrogens is 2. The van der Waals surface area contributed by atoms with Crippen molar-refractivity contribution in [2.75, 3.05) is 18.8 Å². The number of anilines is 1. The van der Waals surface area contributed by atoms with Crippen LogP contribution in [-0.4, -0.2) is 39.9 Å². The summed E-state index contributed by atoms with van der Waals surface area (Å²) >= 11 is 0. The third-order valence-corrected chi connectivity index (χ3v) is 2.51. The van der Waals surface area contributed by atoms with Crippen LogP contribution >= 0.6 is 0 Å². The Bertz CT molecular complexity index is 485. The van der Waals surface area contributed by atoms with Crippen molar-refractivity contribution in [2.45, 2.75) is 26.4 Å². The average Bonchev–Trinajstić information content (AvgIpc) is 2.82. The molecule has 0 bridgehead atoms. The number of amides is 1. The molecule has 0 saturated carbocycles. The highest BCUT2D eigenvalue weighted by atomic mass is 16.6. The van der Waals surface area contributed by atoms with Crippen LogP contribution in [-0.2, 0) is 4.74 Å². The predicted octanol–water partition coefficient (Wildman–Crippen LogP) is 1.63. The maximum Gasteiger partial charge on any atom is 0.410 e. The molecule has 6 nitrogen and oxygen atoms in total. The van der Waals surface area contributed by atoms with Gasteiger partial charge in [-0.25, -0.2) is 4.79 Å². The molecule has 6 heteroatoms. The van der Waals surface area contributed by atoms with E-state index in [2.05, 4.69) is 10.2 Å². The van der Waals surface area contributed by atoms with Crippen LogP contribution in [0.5, 0.6) is 0 Å². The molecule has 0 fully saturated rings. The molecule has 0 spiro atoms. The molecule has 0 aromatic carbocycles. The van der Waals surface area contributed by atoms with Gasteiger partial charge in [0.15, 0.2) is 0 Å². The number of hydrogen-bond acceptors (Lipinski definition) is 4. The summed E-state index contributed by atoms with van der Waals surface area (Å²) in [5, 5.41) is 6.70. The van der Waals surface area contributed by atoms with E-state index in [1.165, 1.54) is 0 Å². The smallest absolute Gasteiger partial charge is 0.410 e. The van der Waals surface area contributed by atoms with Crippen molar-refractivity contribution in [2.24, 2.45) is 0 Å². The summed E-state index contributed by atoms with van der Waals surface area (Å²) in [5.74, 6) is 0.446. The molecule has 3 N–H and O–H groups in total. The summed E-state index contributed by atoms with van der Waals surface area (Å²) in [5.41, 5.74) is 6.93. The van der Waals surface area contributed by atoms with E-state index in [1.807, 2.05) is 26.8 Å². The van der Waals surface area contributed by atoms with Gasteiger partial charge >= 0.3 is 6.09 Å². The Kier molecular flexibility index (Phi) is 3.02. The van der Waals surface area contributed by atoms with E-state index in [-0.39, 0.29) is 6.09 Å². The van der Waals surface area contributed by atoms with Gasteiger partial charge in [0.05, 0.1) is 12.2 Å². The third kappa shape index (κ3) is 2.82. The quantitative estimate of drug-likeness (QED) is 0.793. The number of nitrogens with zero attached hydrogens (tertiary/aromatic N) is 2. The zero-order valence-corrected chi connectivity index (χ0v) is 10.9. The van der Waals surface area contributed by atoms with Gasteiger partial charge in [-0.05, 0) is 26.3 Å². The van der Waals surface area contributed by atoms with Crippen LogP contribution in [0, 0.1) is 0 Å². The van der Waals surface area contributed by atoms with Gasteiger partial charge in [-0.1, -0.05) is 6.08 Å². The van der Waals surface area contributed by atoms with E-state index in [0.717, 1.165) is 11.3 Å². The molecular formula is C12H18N4O2. The maximum absolute atomic E-state index is 11.9. The van der Waals surface area contributed by atoms with E-state index in [0.29, 0.717) is 18.9 Å². The van der Waals surface area contributed by atoms with Crippen LogP contribution in [0.25, 0.3) is 5.57 Å². The second-order valence-corrected chi connectivity index (χ2v) is 5.30. The van der Waals surface area contributed by atoms with Crippen molar-refractivity contribution < 1.29 is 9.53 Å². The summed E-state index contributed by atoms with van der Waals surface area (Å²) in [6, 6.07) is 1.75. The number of carbonyl (C=O) groups is 1. The number of nitrogens with two attached hydrogens (primary N) is 1. The van der Waals surface area contributed by atoms with Gasteiger partial charge in [0.2, 0.25) is 0 Å². The van der Waals surface area contributed by atoms with Gasteiger partial charge in [-0.15, -0.1) is 0 Å². The molecular weight excluding hydrogens is 232 g/mol. The molecule has 1 aromatic rings. The Morgan fingerprint density at radius 2 is 2.28 bits per heavy atom. The van der Waals surface area contributed by atoms with Crippen LogP contribution in [0.3, 0.4) is 0 Å². The lowest BCUT2D eigenvalue weighted by Gasteiger charge is -2.24. The van der Waals surface area contributed by atoms with Crippen LogP contribution in [0.15, 0.2) is 12.1 Å². The predicted molar refractivity (Wildman–Crippen MR) is 68.8 cm³/mol. The fraction of sp³-hybridized carbons (Fsp3) is 0.500. The molecule has 0 saturated heterocycles. The molecule has 0 radical (unpaired) electrons. The SMILES string of the molecule is CC(C)(C)OC(=O)N1CC=C(c2cc(N)n[nH]2)C1. The van der Waals surface area contributed by atoms with Crippen molar-refractivity contribution in [1.29, 1.82) is 0 Å². The third-order valence-electron chi connectivity index (χ3n) is 2.51. The Hall–Kier alpha value is -1.98. The minimum absolute atomic E-state index is 0.304. The van der Waals surface area contributed by atoms with Crippen molar-refractivity contribution in [1.82, 2.24) is 15.1 Å². The van der Waals surface area contributed by atoms with E-state index in [4.69, 9.17) is 10.5 Å².